The largest absolute Gasteiger partial charge is 0.394 e. The van der Waals surface area contributed by atoms with E-state index in [9.17, 15) is 19.8 Å². The third-order valence-corrected chi connectivity index (χ3v) is 7.40. The van der Waals surface area contributed by atoms with E-state index in [4.69, 9.17) is 14.0 Å². The fraction of sp³-hybridized carbons (Fsp3) is 0.207. The number of aromatic amines is 1. The molecule has 10 heteroatoms. The topological polar surface area (TPSA) is 140 Å². The Morgan fingerprint density at radius 1 is 0.974 bits per heavy atom. The molecule has 0 spiro atoms. The SMILES string of the molecule is O=c1ccn([C@@H]2O[C@H](CO)[C@@H](O)[C@H]2OCc2cc(-c3ccc4ccc5cccc6ccc3c4c56)no2)c(=O)[nH]1. The van der Waals surface area contributed by atoms with Crippen LogP contribution in [0.15, 0.2) is 87.0 Å². The number of aliphatic hydroxyl groups is 2. The second kappa shape index (κ2) is 9.14. The number of nitrogens with zero attached hydrogens (tertiary/aromatic N) is 2. The molecule has 10 nitrogen and oxygen atoms in total. The minimum absolute atomic E-state index is 0.0727. The number of ether oxygens (including phenoxy) is 2. The second-order valence-electron chi connectivity index (χ2n) is 9.68. The number of aromatic nitrogens is 3. The van der Waals surface area contributed by atoms with Crippen molar-refractivity contribution in [3.05, 3.63) is 99.5 Å². The Bertz CT molecular complexity index is 1930. The van der Waals surface area contributed by atoms with Crippen LogP contribution in [-0.2, 0) is 16.1 Å². The van der Waals surface area contributed by atoms with Crippen molar-refractivity contribution in [1.29, 1.82) is 0 Å². The molecule has 2 aromatic heterocycles. The molecule has 39 heavy (non-hydrogen) atoms. The first kappa shape index (κ1) is 23.7. The van der Waals surface area contributed by atoms with E-state index in [0.29, 0.717) is 11.5 Å². The summed E-state index contributed by atoms with van der Waals surface area (Å²) in [6, 6.07) is 21.8. The van der Waals surface area contributed by atoms with Crippen LogP contribution in [-0.4, -0.2) is 49.8 Å². The lowest BCUT2D eigenvalue weighted by molar-refractivity contribution is -0.0832. The molecule has 0 aliphatic carbocycles. The molecule has 0 amide bonds. The maximum absolute atomic E-state index is 12.3. The monoisotopic (exact) mass is 525 g/mol. The van der Waals surface area contributed by atoms with Gasteiger partial charge in [-0.1, -0.05) is 59.8 Å². The molecule has 1 fully saturated rings. The van der Waals surface area contributed by atoms with Crippen molar-refractivity contribution >= 4 is 32.3 Å². The summed E-state index contributed by atoms with van der Waals surface area (Å²) >= 11 is 0. The lowest BCUT2D eigenvalue weighted by Crippen LogP contribution is -2.39. The molecule has 0 unspecified atom stereocenters. The van der Waals surface area contributed by atoms with Gasteiger partial charge in [0.25, 0.3) is 5.56 Å². The number of aliphatic hydroxyl groups excluding tert-OH is 2. The molecule has 7 rings (SSSR count). The highest BCUT2D eigenvalue weighted by atomic mass is 16.6. The minimum Gasteiger partial charge on any atom is -0.394 e. The molecule has 6 aromatic rings. The predicted molar refractivity (Wildman–Crippen MR) is 143 cm³/mol. The van der Waals surface area contributed by atoms with Crippen molar-refractivity contribution in [2.45, 2.75) is 31.1 Å². The summed E-state index contributed by atoms with van der Waals surface area (Å²) in [6.45, 7) is -0.548. The molecule has 1 aliphatic heterocycles. The number of hydrogen-bond donors (Lipinski definition) is 3. The molecule has 1 aliphatic rings. The Morgan fingerprint density at radius 2 is 1.72 bits per heavy atom. The molecular weight excluding hydrogens is 502 g/mol. The number of benzene rings is 4. The standard InChI is InChI=1S/C29H23N3O7/c33-13-22-26(35)27(28(38-22)32-11-10-23(34)30-29(32)36)37-14-18-12-21(31-39-18)19-8-6-17-5-4-15-2-1-3-16-7-9-20(19)25(17)24(15)16/h1-12,22,26-28,33,35H,13-14H2,(H,30,34,36)/t22-,26-,27-,28-/m1/s1. The highest BCUT2D eigenvalue weighted by Crippen LogP contribution is 2.39. The lowest BCUT2D eigenvalue weighted by Gasteiger charge is -2.21. The number of hydrogen-bond acceptors (Lipinski definition) is 8. The first-order valence-corrected chi connectivity index (χ1v) is 12.5. The zero-order chi connectivity index (χ0) is 26.7. The van der Waals surface area contributed by atoms with Crippen LogP contribution < -0.4 is 11.2 Å². The molecule has 4 atom stereocenters. The van der Waals surface area contributed by atoms with E-state index in [1.54, 1.807) is 6.07 Å². The Kier molecular flexibility index (Phi) is 5.56. The van der Waals surface area contributed by atoms with Crippen LogP contribution >= 0.6 is 0 Å². The Hall–Kier alpha value is -4.35. The molecule has 1 saturated heterocycles. The third kappa shape index (κ3) is 3.84. The number of H-pyrrole nitrogens is 1. The van der Waals surface area contributed by atoms with Crippen LogP contribution in [0.4, 0.5) is 0 Å². The predicted octanol–water partition coefficient (Wildman–Crippen LogP) is 2.93. The van der Waals surface area contributed by atoms with E-state index in [0.717, 1.165) is 20.9 Å². The molecule has 0 radical (unpaired) electrons. The first-order valence-electron chi connectivity index (χ1n) is 12.5. The maximum atomic E-state index is 12.3. The highest BCUT2D eigenvalue weighted by Gasteiger charge is 2.45. The van der Waals surface area contributed by atoms with Gasteiger partial charge >= 0.3 is 5.69 Å². The first-order chi connectivity index (χ1) is 19.0. The smallest absolute Gasteiger partial charge is 0.330 e. The van der Waals surface area contributed by atoms with Gasteiger partial charge in [0.15, 0.2) is 12.0 Å². The summed E-state index contributed by atoms with van der Waals surface area (Å²) in [5.74, 6) is 0.405. The van der Waals surface area contributed by atoms with E-state index < -0.39 is 42.4 Å². The summed E-state index contributed by atoms with van der Waals surface area (Å²) in [6.07, 6.45) is -3.02. The van der Waals surface area contributed by atoms with Gasteiger partial charge in [-0.25, -0.2) is 4.79 Å². The van der Waals surface area contributed by atoms with Gasteiger partial charge in [0.2, 0.25) is 0 Å². The summed E-state index contributed by atoms with van der Waals surface area (Å²) in [5, 5.41) is 31.5. The second-order valence-corrected chi connectivity index (χ2v) is 9.68. The van der Waals surface area contributed by atoms with E-state index in [1.807, 2.05) is 6.07 Å². The van der Waals surface area contributed by atoms with Gasteiger partial charge in [-0.3, -0.25) is 14.3 Å². The van der Waals surface area contributed by atoms with E-state index in [2.05, 4.69) is 58.7 Å². The van der Waals surface area contributed by atoms with Gasteiger partial charge in [0, 0.05) is 23.9 Å². The normalized spacial score (nSPS) is 21.5. The summed E-state index contributed by atoms with van der Waals surface area (Å²) in [5.41, 5.74) is 0.268. The van der Waals surface area contributed by atoms with Crippen molar-refractivity contribution in [2.24, 2.45) is 0 Å². The Labute approximate surface area is 220 Å². The van der Waals surface area contributed by atoms with Gasteiger partial charge in [0.05, 0.1) is 6.61 Å². The molecule has 3 N–H and O–H groups in total. The third-order valence-electron chi connectivity index (χ3n) is 7.40. The summed E-state index contributed by atoms with van der Waals surface area (Å²) < 4.78 is 18.3. The van der Waals surface area contributed by atoms with Crippen LogP contribution in [0.2, 0.25) is 0 Å². The van der Waals surface area contributed by atoms with Crippen molar-refractivity contribution in [3.8, 4) is 11.3 Å². The van der Waals surface area contributed by atoms with Gasteiger partial charge < -0.3 is 24.2 Å². The highest BCUT2D eigenvalue weighted by molar-refractivity contribution is 6.25. The van der Waals surface area contributed by atoms with Crippen molar-refractivity contribution in [3.63, 3.8) is 0 Å². The Balaban J connectivity index is 1.19. The van der Waals surface area contributed by atoms with Crippen LogP contribution in [0.5, 0.6) is 0 Å². The van der Waals surface area contributed by atoms with E-state index >= 15 is 0 Å². The molecule has 196 valence electrons. The quantitative estimate of drug-likeness (QED) is 0.282. The fourth-order valence-electron chi connectivity index (χ4n) is 5.55. The average Bonchev–Trinajstić information content (AvgIpc) is 3.54. The van der Waals surface area contributed by atoms with Gasteiger partial charge in [-0.2, -0.15) is 0 Å². The van der Waals surface area contributed by atoms with Crippen molar-refractivity contribution in [1.82, 2.24) is 14.7 Å². The zero-order valence-electron chi connectivity index (χ0n) is 20.5. The number of nitrogens with one attached hydrogen (secondary N) is 1. The lowest BCUT2D eigenvalue weighted by atomic mass is 9.91. The molecule has 0 saturated carbocycles. The van der Waals surface area contributed by atoms with Crippen LogP contribution in [0.3, 0.4) is 0 Å². The van der Waals surface area contributed by atoms with Gasteiger partial charge in [0.1, 0.15) is 30.6 Å². The Morgan fingerprint density at radius 3 is 2.49 bits per heavy atom. The zero-order valence-corrected chi connectivity index (χ0v) is 20.5. The summed E-state index contributed by atoms with van der Waals surface area (Å²) in [7, 11) is 0. The van der Waals surface area contributed by atoms with E-state index in [-0.39, 0.29) is 6.61 Å². The van der Waals surface area contributed by atoms with Crippen molar-refractivity contribution in [2.75, 3.05) is 6.61 Å². The van der Waals surface area contributed by atoms with E-state index in [1.165, 1.54) is 33.8 Å². The van der Waals surface area contributed by atoms with Crippen molar-refractivity contribution < 1.29 is 24.2 Å². The van der Waals surface area contributed by atoms with Crippen LogP contribution in [0.25, 0.3) is 43.6 Å². The average molecular weight is 526 g/mol. The molecule has 0 bridgehead atoms. The summed E-state index contributed by atoms with van der Waals surface area (Å²) in [4.78, 5) is 26.0. The maximum Gasteiger partial charge on any atom is 0.330 e. The molecule has 3 heterocycles. The minimum atomic E-state index is -1.22. The van der Waals surface area contributed by atoms with Crippen LogP contribution in [0.1, 0.15) is 12.0 Å². The van der Waals surface area contributed by atoms with Gasteiger partial charge in [-0.15, -0.1) is 0 Å². The van der Waals surface area contributed by atoms with Crippen LogP contribution in [0, 0.1) is 0 Å². The fourth-order valence-corrected chi connectivity index (χ4v) is 5.55. The number of rotatable bonds is 6. The molecule has 4 aromatic carbocycles. The molecular formula is C29H23N3O7. The van der Waals surface area contributed by atoms with Gasteiger partial charge in [-0.05, 0) is 32.3 Å².